The van der Waals surface area contributed by atoms with Crippen molar-refractivity contribution in [2.45, 2.75) is 104 Å². The Kier molecular flexibility index (Phi) is 6.89. The molecule has 0 saturated heterocycles. The Hall–Kier alpha value is -0.210. The molecule has 3 aliphatic carbocycles. The Morgan fingerprint density at radius 3 is 2.19 bits per heavy atom. The van der Waals surface area contributed by atoms with Crippen LogP contribution in [0, 0.1) is 47.3 Å². The van der Waals surface area contributed by atoms with Crippen molar-refractivity contribution in [2.75, 3.05) is 0 Å². The van der Waals surface area contributed by atoms with E-state index < -0.39 is 23.9 Å². The summed E-state index contributed by atoms with van der Waals surface area (Å²) in [6, 6.07) is 0. The van der Waals surface area contributed by atoms with Gasteiger partial charge in [0.2, 0.25) is 0 Å². The van der Waals surface area contributed by atoms with Crippen LogP contribution >= 0.6 is 0 Å². The van der Waals surface area contributed by atoms with E-state index in [4.69, 9.17) is 0 Å². The minimum Gasteiger partial charge on any atom is -0.247 e. The molecule has 0 spiro atoms. The van der Waals surface area contributed by atoms with Gasteiger partial charge in [0.1, 0.15) is 6.17 Å². The lowest BCUT2D eigenvalue weighted by atomic mass is 9.73. The second kappa shape index (κ2) is 8.66. The lowest BCUT2D eigenvalue weighted by Crippen LogP contribution is -2.42. The van der Waals surface area contributed by atoms with E-state index in [1.165, 1.54) is 25.7 Å². The second-order valence-corrected chi connectivity index (χ2v) is 10.6. The number of fused-ring (bicyclic) bond motifs is 1. The second-order valence-electron chi connectivity index (χ2n) is 10.6. The number of rotatable bonds is 6. The van der Waals surface area contributed by atoms with E-state index in [9.17, 15) is 4.39 Å². The van der Waals surface area contributed by atoms with Gasteiger partial charge in [-0.25, -0.2) is 13.2 Å². The van der Waals surface area contributed by atoms with Crippen molar-refractivity contribution in [1.82, 2.24) is 0 Å². The maximum atomic E-state index is 15.2. The monoisotopic (exact) mass is 386 g/mol. The minimum atomic E-state index is -2.81. The molecule has 0 aromatic heterocycles. The van der Waals surface area contributed by atoms with Crippen molar-refractivity contribution in [3.05, 3.63) is 0 Å². The first-order valence-electron chi connectivity index (χ1n) is 11.8. The van der Waals surface area contributed by atoms with Gasteiger partial charge in [0.05, 0.1) is 5.92 Å². The predicted octanol–water partition coefficient (Wildman–Crippen LogP) is 7.91. The fraction of sp³-hybridized carbons (Fsp3) is 1.00. The third-order valence-electron chi connectivity index (χ3n) is 8.79. The molecule has 3 saturated carbocycles. The highest BCUT2D eigenvalue weighted by Crippen LogP contribution is 2.59. The summed E-state index contributed by atoms with van der Waals surface area (Å²) >= 11 is 0. The van der Waals surface area contributed by atoms with E-state index >= 15 is 8.78 Å². The van der Waals surface area contributed by atoms with Crippen molar-refractivity contribution in [1.29, 1.82) is 0 Å². The summed E-state index contributed by atoms with van der Waals surface area (Å²) in [6.45, 7) is 8.74. The Morgan fingerprint density at radius 2 is 1.56 bits per heavy atom. The number of hydrogen-bond acceptors (Lipinski definition) is 0. The molecule has 3 heteroatoms. The fourth-order valence-electron chi connectivity index (χ4n) is 6.72. The first kappa shape index (κ1) is 21.5. The van der Waals surface area contributed by atoms with Crippen LogP contribution in [0.25, 0.3) is 0 Å². The molecule has 0 amide bonds. The zero-order valence-electron chi connectivity index (χ0n) is 17.9. The lowest BCUT2D eigenvalue weighted by molar-refractivity contribution is -0.128. The number of alkyl halides is 3. The fourth-order valence-corrected chi connectivity index (χ4v) is 6.72. The van der Waals surface area contributed by atoms with Crippen molar-refractivity contribution in [3.8, 4) is 0 Å². The van der Waals surface area contributed by atoms with E-state index in [1.807, 2.05) is 6.92 Å². The SMILES string of the molecule is CCC1CC(F)C2C(C1)CC(C(C)CCC(C)C1CCC(C)CC1)C2(F)F. The van der Waals surface area contributed by atoms with Crippen LogP contribution in [-0.4, -0.2) is 12.1 Å². The average molecular weight is 387 g/mol. The minimum absolute atomic E-state index is 0.00263. The molecular weight excluding hydrogens is 345 g/mol. The molecule has 7 atom stereocenters. The smallest absolute Gasteiger partial charge is 0.247 e. The van der Waals surface area contributed by atoms with Gasteiger partial charge in [-0.2, -0.15) is 0 Å². The molecule has 0 N–H and O–H groups in total. The Balaban J connectivity index is 1.55. The highest BCUT2D eigenvalue weighted by Gasteiger charge is 2.62. The molecule has 0 nitrogen and oxygen atoms in total. The Morgan fingerprint density at radius 1 is 0.926 bits per heavy atom. The summed E-state index contributed by atoms with van der Waals surface area (Å²) in [5, 5.41) is 0. The summed E-state index contributed by atoms with van der Waals surface area (Å²) in [5.41, 5.74) is 0. The van der Waals surface area contributed by atoms with Crippen LogP contribution in [0.4, 0.5) is 13.2 Å². The molecule has 158 valence electrons. The molecule has 0 aliphatic heterocycles. The quantitative estimate of drug-likeness (QED) is 0.435. The van der Waals surface area contributed by atoms with Crippen molar-refractivity contribution in [3.63, 3.8) is 0 Å². The van der Waals surface area contributed by atoms with E-state index in [-0.39, 0.29) is 11.8 Å². The predicted molar refractivity (Wildman–Crippen MR) is 107 cm³/mol. The summed E-state index contributed by atoms with van der Waals surface area (Å²) in [4.78, 5) is 0. The highest BCUT2D eigenvalue weighted by atomic mass is 19.3. The van der Waals surface area contributed by atoms with Crippen LogP contribution in [0.5, 0.6) is 0 Å². The van der Waals surface area contributed by atoms with Gasteiger partial charge >= 0.3 is 0 Å². The normalized spacial score (nSPS) is 43.9. The van der Waals surface area contributed by atoms with Gasteiger partial charge in [-0.3, -0.25) is 0 Å². The van der Waals surface area contributed by atoms with Crippen molar-refractivity contribution < 1.29 is 13.2 Å². The first-order chi connectivity index (χ1) is 12.7. The van der Waals surface area contributed by atoms with Crippen LogP contribution < -0.4 is 0 Å². The van der Waals surface area contributed by atoms with Gasteiger partial charge in [-0.05, 0) is 74.0 Å². The summed E-state index contributed by atoms with van der Waals surface area (Å²) in [5.74, 6) is -1.96. The van der Waals surface area contributed by atoms with Crippen molar-refractivity contribution in [2.24, 2.45) is 47.3 Å². The third-order valence-corrected chi connectivity index (χ3v) is 8.79. The molecule has 0 bridgehead atoms. The maximum absolute atomic E-state index is 15.2. The Labute approximate surface area is 165 Å². The number of hydrogen-bond donors (Lipinski definition) is 0. The molecule has 0 heterocycles. The molecule has 0 aromatic carbocycles. The van der Waals surface area contributed by atoms with E-state index in [1.54, 1.807) is 0 Å². The van der Waals surface area contributed by atoms with Gasteiger partial charge in [0.25, 0.3) is 5.92 Å². The third kappa shape index (κ3) is 4.53. The van der Waals surface area contributed by atoms with E-state index in [0.717, 1.165) is 37.5 Å². The molecular formula is C24H41F3. The van der Waals surface area contributed by atoms with Gasteiger partial charge in [-0.15, -0.1) is 0 Å². The summed E-state index contributed by atoms with van der Waals surface area (Å²) < 4.78 is 44.9. The van der Waals surface area contributed by atoms with Crippen LogP contribution in [0.1, 0.15) is 91.9 Å². The summed E-state index contributed by atoms with van der Waals surface area (Å²) in [7, 11) is 0. The Bertz CT molecular complexity index is 468. The zero-order valence-corrected chi connectivity index (χ0v) is 17.9. The van der Waals surface area contributed by atoms with Gasteiger partial charge in [0, 0.05) is 5.92 Å². The largest absolute Gasteiger partial charge is 0.256 e. The van der Waals surface area contributed by atoms with Crippen LogP contribution in [0.15, 0.2) is 0 Å². The standard InChI is InChI=1S/C24H41F3/c1-5-18-12-20-14-21(24(26,27)23(20)22(25)13-18)17(4)9-8-16(3)19-10-6-15(2)7-11-19/h15-23H,5-14H2,1-4H3. The van der Waals surface area contributed by atoms with Gasteiger partial charge < -0.3 is 0 Å². The molecule has 3 rings (SSSR count). The van der Waals surface area contributed by atoms with Crippen molar-refractivity contribution >= 4 is 0 Å². The van der Waals surface area contributed by atoms with Crippen LogP contribution in [-0.2, 0) is 0 Å². The van der Waals surface area contributed by atoms with Crippen LogP contribution in [0.2, 0.25) is 0 Å². The van der Waals surface area contributed by atoms with Crippen LogP contribution in [0.3, 0.4) is 0 Å². The molecule has 0 aromatic rings. The average Bonchev–Trinajstić information content (AvgIpc) is 2.91. The maximum Gasteiger partial charge on any atom is 0.256 e. The highest BCUT2D eigenvalue weighted by molar-refractivity contribution is 5.04. The van der Waals surface area contributed by atoms with Gasteiger partial charge in [0.15, 0.2) is 0 Å². The lowest BCUT2D eigenvalue weighted by Gasteiger charge is -2.37. The van der Waals surface area contributed by atoms with Gasteiger partial charge in [-0.1, -0.05) is 53.4 Å². The van der Waals surface area contributed by atoms with E-state index in [0.29, 0.717) is 24.7 Å². The molecule has 0 radical (unpaired) electrons. The molecule has 3 aliphatic rings. The summed E-state index contributed by atoms with van der Waals surface area (Å²) in [6.07, 6.45) is 8.53. The molecule has 27 heavy (non-hydrogen) atoms. The van der Waals surface area contributed by atoms with E-state index in [2.05, 4.69) is 20.8 Å². The first-order valence-corrected chi connectivity index (χ1v) is 11.8. The topological polar surface area (TPSA) is 0 Å². The number of halogens is 3. The molecule has 7 unspecified atom stereocenters. The zero-order chi connectivity index (χ0) is 19.8. The molecule has 3 fully saturated rings.